The van der Waals surface area contributed by atoms with Crippen molar-refractivity contribution in [3.05, 3.63) is 42.0 Å². The lowest BCUT2D eigenvalue weighted by Gasteiger charge is -2.24. The number of hydrogen-bond acceptors (Lipinski definition) is 4. The van der Waals surface area contributed by atoms with Crippen molar-refractivity contribution < 1.29 is 13.3 Å². The van der Waals surface area contributed by atoms with Crippen molar-refractivity contribution in [1.29, 1.82) is 0 Å². The predicted octanol–water partition coefficient (Wildman–Crippen LogP) is 1.79. The Labute approximate surface area is 104 Å². The molecule has 0 unspecified atom stereocenters. The second-order valence-electron chi connectivity index (χ2n) is 3.43. The highest BCUT2D eigenvalue weighted by molar-refractivity contribution is 6.57. The van der Waals surface area contributed by atoms with E-state index in [2.05, 4.69) is 11.6 Å². The Hall–Kier alpha value is -0.983. The number of nitrogens with one attached hydrogen (secondary N) is 1. The average Bonchev–Trinajstić information content (AvgIpc) is 2.41. The average molecular weight is 253 g/mol. The van der Waals surface area contributed by atoms with Crippen LogP contribution in [0.15, 0.2) is 30.8 Å². The van der Waals surface area contributed by atoms with Crippen LogP contribution in [-0.4, -0.2) is 30.3 Å². The molecule has 0 bridgehead atoms. The van der Waals surface area contributed by atoms with Crippen LogP contribution >= 0.6 is 0 Å². The van der Waals surface area contributed by atoms with Crippen LogP contribution in [0.25, 0.3) is 6.08 Å². The minimum atomic E-state index is -2.72. The molecular formula is C12H19NO3Si. The summed E-state index contributed by atoms with van der Waals surface area (Å²) in [6.07, 6.45) is 1.83. The van der Waals surface area contributed by atoms with Crippen LogP contribution in [0.4, 0.5) is 0 Å². The molecule has 0 saturated heterocycles. The Bertz CT molecular complexity index is 358. The molecule has 94 valence electrons. The normalized spacial score (nSPS) is 11.5. The monoisotopic (exact) mass is 253 g/mol. The lowest BCUT2D eigenvalue weighted by atomic mass is 10.1. The molecule has 0 aliphatic carbocycles. The fourth-order valence-electron chi connectivity index (χ4n) is 1.56. The van der Waals surface area contributed by atoms with Crippen LogP contribution in [0, 0.1) is 0 Å². The molecule has 1 aromatic rings. The first kappa shape index (κ1) is 14.1. The summed E-state index contributed by atoms with van der Waals surface area (Å²) in [5, 5.41) is 0. The zero-order valence-electron chi connectivity index (χ0n) is 10.5. The van der Waals surface area contributed by atoms with Crippen molar-refractivity contribution >= 4 is 15.0 Å². The Balaban J connectivity index is 2.75. The van der Waals surface area contributed by atoms with Crippen molar-refractivity contribution in [3.63, 3.8) is 0 Å². The second-order valence-corrected chi connectivity index (χ2v) is 6.12. The van der Waals surface area contributed by atoms with Gasteiger partial charge in [-0.25, -0.2) is 0 Å². The van der Waals surface area contributed by atoms with E-state index in [9.17, 15) is 0 Å². The standard InChI is InChI=1S/C12H19NO3Si/c1-5-11-8-6-7-9-12(11)10-13-17(14-2,15-3)16-4/h5-9,13H,1,10H2,2-4H3. The van der Waals surface area contributed by atoms with Crippen molar-refractivity contribution in [2.45, 2.75) is 6.54 Å². The van der Waals surface area contributed by atoms with Gasteiger partial charge in [-0.2, -0.15) is 0 Å². The maximum atomic E-state index is 5.29. The highest BCUT2D eigenvalue weighted by Crippen LogP contribution is 2.11. The highest BCUT2D eigenvalue weighted by atomic mass is 28.4. The molecule has 1 N–H and O–H groups in total. The third-order valence-corrected chi connectivity index (χ3v) is 4.80. The molecule has 0 aliphatic rings. The summed E-state index contributed by atoms with van der Waals surface area (Å²) in [5.41, 5.74) is 2.22. The number of hydrogen-bond donors (Lipinski definition) is 1. The van der Waals surface area contributed by atoms with E-state index in [-0.39, 0.29) is 0 Å². The molecule has 0 amide bonds. The predicted molar refractivity (Wildman–Crippen MR) is 70.2 cm³/mol. The van der Waals surface area contributed by atoms with Gasteiger partial charge in [0.25, 0.3) is 0 Å². The first-order valence-electron chi connectivity index (χ1n) is 5.32. The summed E-state index contributed by atoms with van der Waals surface area (Å²) in [5.74, 6) is 0. The molecule has 0 fully saturated rings. The van der Waals surface area contributed by atoms with Crippen molar-refractivity contribution in [2.24, 2.45) is 0 Å². The molecule has 0 aliphatic heterocycles. The Morgan fingerprint density at radius 1 is 1.18 bits per heavy atom. The van der Waals surface area contributed by atoms with E-state index in [0.29, 0.717) is 6.54 Å². The molecule has 0 spiro atoms. The van der Waals surface area contributed by atoms with Gasteiger partial charge in [-0.1, -0.05) is 36.9 Å². The summed E-state index contributed by atoms with van der Waals surface area (Å²) in [4.78, 5) is 3.20. The molecule has 0 heterocycles. The Kier molecular flexibility index (Phi) is 5.53. The topological polar surface area (TPSA) is 39.7 Å². The minimum absolute atomic E-state index is 0.615. The van der Waals surface area contributed by atoms with E-state index < -0.39 is 8.97 Å². The second kappa shape index (κ2) is 6.68. The molecule has 0 atom stereocenters. The lowest BCUT2D eigenvalue weighted by Crippen LogP contribution is -2.56. The summed E-state index contributed by atoms with van der Waals surface area (Å²) >= 11 is 0. The van der Waals surface area contributed by atoms with E-state index in [4.69, 9.17) is 13.3 Å². The third kappa shape index (κ3) is 3.49. The van der Waals surface area contributed by atoms with E-state index in [1.54, 1.807) is 21.3 Å². The molecule has 0 saturated carbocycles. The fourth-order valence-corrected chi connectivity index (χ4v) is 2.90. The van der Waals surface area contributed by atoms with Gasteiger partial charge in [0, 0.05) is 27.9 Å². The van der Waals surface area contributed by atoms with Gasteiger partial charge >= 0.3 is 8.97 Å². The summed E-state index contributed by atoms with van der Waals surface area (Å²) in [6, 6.07) is 8.01. The molecule has 1 rings (SSSR count). The number of rotatable bonds is 7. The van der Waals surface area contributed by atoms with Gasteiger partial charge in [0.2, 0.25) is 0 Å². The van der Waals surface area contributed by atoms with Crippen molar-refractivity contribution in [3.8, 4) is 0 Å². The van der Waals surface area contributed by atoms with E-state index >= 15 is 0 Å². The first-order valence-corrected chi connectivity index (χ1v) is 7.04. The largest absolute Gasteiger partial charge is 0.596 e. The number of benzene rings is 1. The van der Waals surface area contributed by atoms with Gasteiger partial charge in [-0.15, -0.1) is 0 Å². The molecule has 5 heteroatoms. The quantitative estimate of drug-likeness (QED) is 0.752. The minimum Gasteiger partial charge on any atom is -0.364 e. The molecule has 1 aromatic carbocycles. The van der Waals surface area contributed by atoms with Crippen LogP contribution in [-0.2, 0) is 19.8 Å². The fraction of sp³-hybridized carbons (Fsp3) is 0.333. The Morgan fingerprint density at radius 2 is 1.76 bits per heavy atom. The lowest BCUT2D eigenvalue weighted by molar-refractivity contribution is 0.109. The maximum Gasteiger partial charge on any atom is 0.596 e. The Morgan fingerprint density at radius 3 is 2.29 bits per heavy atom. The van der Waals surface area contributed by atoms with Crippen molar-refractivity contribution in [1.82, 2.24) is 4.98 Å². The van der Waals surface area contributed by atoms with Crippen molar-refractivity contribution in [2.75, 3.05) is 21.3 Å². The molecule has 0 aromatic heterocycles. The van der Waals surface area contributed by atoms with Gasteiger partial charge in [0.1, 0.15) is 0 Å². The van der Waals surface area contributed by atoms with E-state index in [1.165, 1.54) is 0 Å². The van der Waals surface area contributed by atoms with Gasteiger partial charge in [0.15, 0.2) is 0 Å². The van der Waals surface area contributed by atoms with Crippen LogP contribution in [0.3, 0.4) is 0 Å². The van der Waals surface area contributed by atoms with Crippen LogP contribution in [0.1, 0.15) is 11.1 Å². The van der Waals surface area contributed by atoms with Gasteiger partial charge in [-0.3, -0.25) is 4.98 Å². The maximum absolute atomic E-state index is 5.29. The zero-order chi connectivity index (χ0) is 12.7. The van der Waals surface area contributed by atoms with E-state index in [1.807, 2.05) is 30.3 Å². The first-order chi connectivity index (χ1) is 8.21. The third-order valence-electron chi connectivity index (χ3n) is 2.58. The summed E-state index contributed by atoms with van der Waals surface area (Å²) < 4.78 is 15.9. The van der Waals surface area contributed by atoms with Crippen LogP contribution in [0.5, 0.6) is 0 Å². The zero-order valence-corrected chi connectivity index (χ0v) is 11.5. The highest BCUT2D eigenvalue weighted by Gasteiger charge is 2.38. The SMILES string of the molecule is C=Cc1ccccc1CN[Si](OC)(OC)OC. The van der Waals surface area contributed by atoms with E-state index in [0.717, 1.165) is 11.1 Å². The van der Waals surface area contributed by atoms with Gasteiger partial charge < -0.3 is 13.3 Å². The van der Waals surface area contributed by atoms with Gasteiger partial charge in [0.05, 0.1) is 0 Å². The smallest absolute Gasteiger partial charge is 0.364 e. The molecule has 0 radical (unpaired) electrons. The molecule has 4 nitrogen and oxygen atoms in total. The summed E-state index contributed by atoms with van der Waals surface area (Å²) in [6.45, 7) is 4.40. The van der Waals surface area contributed by atoms with Crippen LogP contribution in [0.2, 0.25) is 0 Å². The molecular weight excluding hydrogens is 234 g/mol. The van der Waals surface area contributed by atoms with Gasteiger partial charge in [-0.05, 0) is 11.1 Å². The summed E-state index contributed by atoms with van der Waals surface area (Å²) in [7, 11) is 2.00. The van der Waals surface area contributed by atoms with Crippen LogP contribution < -0.4 is 4.98 Å². The molecule has 17 heavy (non-hydrogen) atoms.